The Kier molecular flexibility index (Phi) is 4.60. The monoisotopic (exact) mass is 344 g/mol. The van der Waals surface area contributed by atoms with Crippen LogP contribution in [0, 0.1) is 0 Å². The van der Waals surface area contributed by atoms with Crippen molar-refractivity contribution in [3.8, 4) is 0 Å². The van der Waals surface area contributed by atoms with Crippen LogP contribution in [0.3, 0.4) is 0 Å². The maximum absolute atomic E-state index is 6.50. The van der Waals surface area contributed by atoms with Gasteiger partial charge in [0.2, 0.25) is 0 Å². The Labute approximate surface area is 138 Å². The first-order valence-corrected chi connectivity index (χ1v) is 7.89. The molecule has 112 valence electrons. The van der Waals surface area contributed by atoms with Gasteiger partial charge in [-0.15, -0.1) is 11.6 Å². The summed E-state index contributed by atoms with van der Waals surface area (Å²) in [4.78, 5) is 11.7. The van der Waals surface area contributed by atoms with Crippen LogP contribution < -0.4 is 4.90 Å². The number of halogens is 3. The standard InChI is InChI=1S/C14H15Cl3N4/c15-10-1-2-12(11(16)7-10)20-5-6-21(13(17)8-20)9-14-18-3-4-19-14/h1-4,7,13H,5-6,8-9H2,(H,18,19). The van der Waals surface area contributed by atoms with Gasteiger partial charge >= 0.3 is 0 Å². The van der Waals surface area contributed by atoms with Gasteiger partial charge in [-0.3, -0.25) is 4.90 Å². The van der Waals surface area contributed by atoms with Crippen LogP contribution in [0.25, 0.3) is 0 Å². The third kappa shape index (κ3) is 3.46. The summed E-state index contributed by atoms with van der Waals surface area (Å²) in [6.45, 7) is 3.16. The zero-order valence-corrected chi connectivity index (χ0v) is 13.5. The molecule has 1 aromatic carbocycles. The van der Waals surface area contributed by atoms with E-state index in [1.807, 2.05) is 18.3 Å². The molecule has 0 aliphatic carbocycles. The van der Waals surface area contributed by atoms with Crippen molar-refractivity contribution in [2.75, 3.05) is 24.5 Å². The van der Waals surface area contributed by atoms with E-state index in [-0.39, 0.29) is 5.50 Å². The molecule has 1 aliphatic rings. The summed E-state index contributed by atoms with van der Waals surface area (Å²) in [6, 6.07) is 5.55. The second-order valence-corrected chi connectivity index (χ2v) is 6.33. The average molecular weight is 346 g/mol. The Morgan fingerprint density at radius 2 is 2.14 bits per heavy atom. The number of H-pyrrole nitrogens is 1. The Morgan fingerprint density at radius 1 is 1.29 bits per heavy atom. The molecule has 0 bridgehead atoms. The molecule has 21 heavy (non-hydrogen) atoms. The topological polar surface area (TPSA) is 35.2 Å². The normalized spacial score (nSPS) is 20.0. The van der Waals surface area contributed by atoms with Crippen molar-refractivity contribution in [1.82, 2.24) is 14.9 Å². The van der Waals surface area contributed by atoms with E-state index in [2.05, 4.69) is 19.8 Å². The molecule has 1 aromatic heterocycles. The molecule has 4 nitrogen and oxygen atoms in total. The lowest BCUT2D eigenvalue weighted by Crippen LogP contribution is -2.50. The number of alkyl halides is 1. The second kappa shape index (κ2) is 6.44. The first-order valence-electron chi connectivity index (χ1n) is 6.70. The number of hydrogen-bond acceptors (Lipinski definition) is 3. The number of aromatic amines is 1. The molecular formula is C14H15Cl3N4. The smallest absolute Gasteiger partial charge is 0.120 e. The van der Waals surface area contributed by atoms with Crippen molar-refractivity contribution >= 4 is 40.5 Å². The van der Waals surface area contributed by atoms with Crippen LogP contribution >= 0.6 is 34.8 Å². The Morgan fingerprint density at radius 3 is 2.81 bits per heavy atom. The van der Waals surface area contributed by atoms with Gasteiger partial charge in [0.25, 0.3) is 0 Å². The number of nitrogens with one attached hydrogen (secondary N) is 1. The molecule has 1 aliphatic heterocycles. The predicted molar refractivity (Wildman–Crippen MR) is 87.3 cm³/mol. The van der Waals surface area contributed by atoms with Crippen LogP contribution in [0.2, 0.25) is 10.0 Å². The van der Waals surface area contributed by atoms with E-state index in [1.165, 1.54) is 0 Å². The first kappa shape index (κ1) is 15.0. The molecular weight excluding hydrogens is 331 g/mol. The number of aromatic nitrogens is 2. The number of piperazine rings is 1. The molecule has 0 spiro atoms. The number of imidazole rings is 1. The van der Waals surface area contributed by atoms with Gasteiger partial charge in [-0.25, -0.2) is 4.98 Å². The highest BCUT2D eigenvalue weighted by molar-refractivity contribution is 6.36. The van der Waals surface area contributed by atoms with Crippen molar-refractivity contribution in [2.45, 2.75) is 12.0 Å². The van der Waals surface area contributed by atoms with E-state index in [0.717, 1.165) is 31.1 Å². The van der Waals surface area contributed by atoms with E-state index in [9.17, 15) is 0 Å². The molecule has 2 aromatic rings. The maximum Gasteiger partial charge on any atom is 0.120 e. The van der Waals surface area contributed by atoms with E-state index in [4.69, 9.17) is 34.8 Å². The Bertz CT molecular complexity index is 602. The largest absolute Gasteiger partial charge is 0.366 e. The molecule has 0 saturated carbocycles. The summed E-state index contributed by atoms with van der Waals surface area (Å²) in [5.74, 6) is 0.929. The molecule has 0 radical (unpaired) electrons. The average Bonchev–Trinajstić information content (AvgIpc) is 2.94. The number of anilines is 1. The molecule has 2 heterocycles. The Balaban J connectivity index is 1.67. The van der Waals surface area contributed by atoms with Crippen molar-refractivity contribution in [3.05, 3.63) is 46.5 Å². The van der Waals surface area contributed by atoms with Gasteiger partial charge in [-0.05, 0) is 18.2 Å². The number of benzene rings is 1. The van der Waals surface area contributed by atoms with Crippen molar-refractivity contribution < 1.29 is 0 Å². The minimum absolute atomic E-state index is 0.0874. The fourth-order valence-electron chi connectivity index (χ4n) is 2.49. The summed E-state index contributed by atoms with van der Waals surface area (Å²) in [7, 11) is 0. The molecule has 1 atom stereocenters. The molecule has 3 rings (SSSR count). The van der Waals surface area contributed by atoms with E-state index < -0.39 is 0 Å². The van der Waals surface area contributed by atoms with Crippen LogP contribution in [-0.2, 0) is 6.54 Å². The van der Waals surface area contributed by atoms with Crippen LogP contribution in [0.4, 0.5) is 5.69 Å². The fourth-order valence-corrected chi connectivity index (χ4v) is 3.35. The van der Waals surface area contributed by atoms with Crippen molar-refractivity contribution in [2.24, 2.45) is 0 Å². The SMILES string of the molecule is Clc1ccc(N2CCN(Cc3ncc[nH]3)C(Cl)C2)c(Cl)c1. The van der Waals surface area contributed by atoms with Gasteiger partial charge in [0, 0.05) is 37.1 Å². The number of hydrogen-bond donors (Lipinski definition) is 1. The van der Waals surface area contributed by atoms with Crippen LogP contribution in [0.1, 0.15) is 5.82 Å². The van der Waals surface area contributed by atoms with E-state index in [1.54, 1.807) is 12.3 Å². The highest BCUT2D eigenvalue weighted by Crippen LogP contribution is 2.31. The summed E-state index contributed by atoms with van der Waals surface area (Å²) in [5.41, 5.74) is 0.889. The first-order chi connectivity index (χ1) is 10.1. The zero-order chi connectivity index (χ0) is 14.8. The molecule has 1 unspecified atom stereocenters. The summed E-state index contributed by atoms with van der Waals surface area (Å²) in [6.07, 6.45) is 3.57. The van der Waals surface area contributed by atoms with Crippen LogP contribution in [-0.4, -0.2) is 40.0 Å². The second-order valence-electron chi connectivity index (χ2n) is 4.98. The molecule has 7 heteroatoms. The van der Waals surface area contributed by atoms with E-state index >= 15 is 0 Å². The summed E-state index contributed by atoms with van der Waals surface area (Å²) < 4.78 is 0. The lowest BCUT2D eigenvalue weighted by atomic mass is 10.2. The van der Waals surface area contributed by atoms with Crippen molar-refractivity contribution in [3.63, 3.8) is 0 Å². The minimum Gasteiger partial charge on any atom is -0.366 e. The van der Waals surface area contributed by atoms with Crippen molar-refractivity contribution in [1.29, 1.82) is 0 Å². The van der Waals surface area contributed by atoms with Gasteiger partial charge in [0.05, 0.1) is 17.3 Å². The minimum atomic E-state index is -0.0874. The van der Waals surface area contributed by atoms with Gasteiger partial charge in [0.1, 0.15) is 11.3 Å². The lowest BCUT2D eigenvalue weighted by Gasteiger charge is -2.39. The quantitative estimate of drug-likeness (QED) is 0.682. The van der Waals surface area contributed by atoms with Gasteiger partial charge in [0.15, 0.2) is 0 Å². The van der Waals surface area contributed by atoms with Crippen LogP contribution in [0.5, 0.6) is 0 Å². The van der Waals surface area contributed by atoms with E-state index in [0.29, 0.717) is 16.6 Å². The highest BCUT2D eigenvalue weighted by Gasteiger charge is 2.26. The Hall–Kier alpha value is -0.940. The maximum atomic E-state index is 6.50. The highest BCUT2D eigenvalue weighted by atomic mass is 35.5. The zero-order valence-electron chi connectivity index (χ0n) is 11.3. The lowest BCUT2D eigenvalue weighted by molar-refractivity contribution is 0.218. The molecule has 1 saturated heterocycles. The van der Waals surface area contributed by atoms with Gasteiger partial charge in [-0.2, -0.15) is 0 Å². The third-order valence-electron chi connectivity index (χ3n) is 3.58. The molecule has 0 amide bonds. The number of rotatable bonds is 3. The molecule has 1 fully saturated rings. The summed E-state index contributed by atoms with van der Waals surface area (Å²) >= 11 is 18.7. The summed E-state index contributed by atoms with van der Waals surface area (Å²) in [5, 5.41) is 1.30. The van der Waals surface area contributed by atoms with Gasteiger partial charge in [-0.1, -0.05) is 23.2 Å². The number of nitrogens with zero attached hydrogens (tertiary/aromatic N) is 3. The van der Waals surface area contributed by atoms with Crippen LogP contribution in [0.15, 0.2) is 30.6 Å². The van der Waals surface area contributed by atoms with Gasteiger partial charge < -0.3 is 9.88 Å². The fraction of sp³-hybridized carbons (Fsp3) is 0.357. The predicted octanol–water partition coefficient (Wildman–Crippen LogP) is 3.60. The molecule has 1 N–H and O–H groups in total. The third-order valence-corrected chi connectivity index (χ3v) is 4.53.